The fourth-order valence-electron chi connectivity index (χ4n) is 2.61. The van der Waals surface area contributed by atoms with Crippen molar-refractivity contribution in [3.63, 3.8) is 0 Å². The number of aromatic amines is 1. The zero-order valence-electron chi connectivity index (χ0n) is 11.1. The number of likely N-dealkylation sites (tertiary alicyclic amines) is 1. The Bertz CT molecular complexity index is 582. The van der Waals surface area contributed by atoms with Gasteiger partial charge in [-0.3, -0.25) is 4.79 Å². The Kier molecular flexibility index (Phi) is 3.25. The van der Waals surface area contributed by atoms with E-state index in [1.54, 1.807) is 0 Å². The predicted octanol–water partition coefficient (Wildman–Crippen LogP) is 1.99. The average Bonchev–Trinajstić information content (AvgIpc) is 2.88. The second kappa shape index (κ2) is 5.05. The van der Waals surface area contributed by atoms with Gasteiger partial charge in [0.15, 0.2) is 0 Å². The third kappa shape index (κ3) is 2.63. The molecule has 0 unspecified atom stereocenters. The molecule has 1 aliphatic rings. The topological polar surface area (TPSA) is 48.1 Å². The van der Waals surface area contributed by atoms with Gasteiger partial charge in [0.25, 0.3) is 5.91 Å². The molecule has 0 aliphatic carbocycles. The van der Waals surface area contributed by atoms with Crippen LogP contribution in [0.2, 0.25) is 0 Å². The summed E-state index contributed by atoms with van der Waals surface area (Å²) in [5.41, 5.74) is 1.74. The molecule has 100 valence electrons. The van der Waals surface area contributed by atoms with Crippen LogP contribution >= 0.6 is 0 Å². The minimum absolute atomic E-state index is 0.0334. The van der Waals surface area contributed by atoms with Crippen molar-refractivity contribution >= 4 is 16.8 Å². The van der Waals surface area contributed by atoms with Gasteiger partial charge in [-0.2, -0.15) is 0 Å². The number of hydrogen-bond donors (Lipinski definition) is 2. The Balaban J connectivity index is 1.69. The van der Waals surface area contributed by atoms with Crippen LogP contribution in [0.25, 0.3) is 10.9 Å². The van der Waals surface area contributed by atoms with Crippen LogP contribution in [0.3, 0.4) is 0 Å². The molecule has 1 aliphatic heterocycles. The number of benzene rings is 1. The van der Waals surface area contributed by atoms with Crippen LogP contribution in [0, 0.1) is 0 Å². The van der Waals surface area contributed by atoms with Crippen LogP contribution < -0.4 is 5.32 Å². The third-order valence-corrected chi connectivity index (χ3v) is 3.87. The molecule has 1 aromatic heterocycles. The van der Waals surface area contributed by atoms with Gasteiger partial charge < -0.3 is 15.2 Å². The molecular formula is C15H19N3O. The number of fused-ring (bicyclic) bond motifs is 1. The first-order valence-corrected chi connectivity index (χ1v) is 6.79. The Labute approximate surface area is 112 Å². The van der Waals surface area contributed by atoms with E-state index in [1.165, 1.54) is 0 Å². The van der Waals surface area contributed by atoms with Crippen LogP contribution in [-0.4, -0.2) is 42.0 Å². The van der Waals surface area contributed by atoms with E-state index in [9.17, 15) is 4.79 Å². The Morgan fingerprint density at radius 3 is 2.89 bits per heavy atom. The van der Waals surface area contributed by atoms with Gasteiger partial charge in [-0.15, -0.1) is 0 Å². The smallest absolute Gasteiger partial charge is 0.251 e. The lowest BCUT2D eigenvalue weighted by atomic mass is 10.0. The van der Waals surface area contributed by atoms with E-state index in [1.807, 2.05) is 30.5 Å². The lowest BCUT2D eigenvalue weighted by Crippen LogP contribution is -2.43. The molecule has 19 heavy (non-hydrogen) atoms. The molecule has 1 saturated heterocycles. The SMILES string of the molecule is CN1CCC(NC(=O)c2ccc3cc[nH]c3c2)CC1. The van der Waals surface area contributed by atoms with Crippen molar-refractivity contribution in [3.8, 4) is 0 Å². The molecule has 1 aromatic carbocycles. The van der Waals surface area contributed by atoms with E-state index in [2.05, 4.69) is 22.2 Å². The largest absolute Gasteiger partial charge is 0.361 e. The molecule has 1 amide bonds. The number of rotatable bonds is 2. The lowest BCUT2D eigenvalue weighted by Gasteiger charge is -2.29. The van der Waals surface area contributed by atoms with Gasteiger partial charge >= 0.3 is 0 Å². The van der Waals surface area contributed by atoms with E-state index in [4.69, 9.17) is 0 Å². The molecular weight excluding hydrogens is 238 g/mol. The lowest BCUT2D eigenvalue weighted by molar-refractivity contribution is 0.0917. The number of nitrogens with one attached hydrogen (secondary N) is 2. The summed E-state index contributed by atoms with van der Waals surface area (Å²) < 4.78 is 0. The quantitative estimate of drug-likeness (QED) is 0.864. The van der Waals surface area contributed by atoms with Gasteiger partial charge in [0.05, 0.1) is 0 Å². The molecule has 0 radical (unpaired) electrons. The van der Waals surface area contributed by atoms with Gasteiger partial charge in [-0.1, -0.05) is 6.07 Å². The fraction of sp³-hybridized carbons (Fsp3) is 0.400. The molecule has 4 nitrogen and oxygen atoms in total. The zero-order chi connectivity index (χ0) is 13.2. The number of nitrogens with zero attached hydrogens (tertiary/aromatic N) is 1. The molecule has 3 rings (SSSR count). The second-order valence-corrected chi connectivity index (χ2v) is 5.33. The van der Waals surface area contributed by atoms with Crippen molar-refractivity contribution in [2.75, 3.05) is 20.1 Å². The van der Waals surface area contributed by atoms with E-state index in [0.29, 0.717) is 6.04 Å². The van der Waals surface area contributed by atoms with Crippen molar-refractivity contribution in [1.29, 1.82) is 0 Å². The van der Waals surface area contributed by atoms with Crippen LogP contribution in [0.4, 0.5) is 0 Å². The van der Waals surface area contributed by atoms with Gasteiger partial charge in [0, 0.05) is 23.3 Å². The predicted molar refractivity (Wildman–Crippen MR) is 76.3 cm³/mol. The number of amides is 1. The molecule has 1 fully saturated rings. The first-order valence-electron chi connectivity index (χ1n) is 6.79. The molecule has 2 aromatic rings. The molecule has 4 heteroatoms. The van der Waals surface area contributed by atoms with E-state index < -0.39 is 0 Å². The van der Waals surface area contributed by atoms with Crippen LogP contribution in [0.5, 0.6) is 0 Å². The first kappa shape index (κ1) is 12.2. The van der Waals surface area contributed by atoms with Crippen LogP contribution in [0.1, 0.15) is 23.2 Å². The highest BCUT2D eigenvalue weighted by Crippen LogP contribution is 2.15. The molecule has 0 saturated carbocycles. The number of H-pyrrole nitrogens is 1. The van der Waals surface area contributed by atoms with Crippen molar-refractivity contribution in [1.82, 2.24) is 15.2 Å². The van der Waals surface area contributed by atoms with E-state index in [-0.39, 0.29) is 5.91 Å². The summed E-state index contributed by atoms with van der Waals surface area (Å²) in [5, 5.41) is 4.27. The van der Waals surface area contributed by atoms with Gasteiger partial charge in [0.2, 0.25) is 0 Å². The highest BCUT2D eigenvalue weighted by Gasteiger charge is 2.19. The minimum atomic E-state index is 0.0334. The maximum absolute atomic E-state index is 12.2. The van der Waals surface area contributed by atoms with Crippen molar-refractivity contribution < 1.29 is 4.79 Å². The van der Waals surface area contributed by atoms with Crippen molar-refractivity contribution in [2.24, 2.45) is 0 Å². The number of aromatic nitrogens is 1. The zero-order valence-corrected chi connectivity index (χ0v) is 11.1. The maximum Gasteiger partial charge on any atom is 0.251 e. The maximum atomic E-state index is 12.2. The highest BCUT2D eigenvalue weighted by molar-refractivity contribution is 5.98. The number of piperidine rings is 1. The highest BCUT2D eigenvalue weighted by atomic mass is 16.1. The average molecular weight is 257 g/mol. The summed E-state index contributed by atoms with van der Waals surface area (Å²) in [6.07, 6.45) is 3.96. The van der Waals surface area contributed by atoms with E-state index >= 15 is 0 Å². The van der Waals surface area contributed by atoms with Gasteiger partial charge in [-0.25, -0.2) is 0 Å². The monoisotopic (exact) mass is 257 g/mol. The Morgan fingerprint density at radius 2 is 2.11 bits per heavy atom. The summed E-state index contributed by atoms with van der Waals surface area (Å²) in [6.45, 7) is 2.11. The first-order chi connectivity index (χ1) is 9.22. The number of carbonyl (C=O) groups excluding carboxylic acids is 1. The summed E-state index contributed by atoms with van der Waals surface area (Å²) in [7, 11) is 2.12. The molecule has 0 spiro atoms. The van der Waals surface area contributed by atoms with Crippen LogP contribution in [0.15, 0.2) is 30.5 Å². The van der Waals surface area contributed by atoms with Crippen molar-refractivity contribution in [3.05, 3.63) is 36.0 Å². The van der Waals surface area contributed by atoms with Gasteiger partial charge in [-0.05, 0) is 56.6 Å². The molecule has 2 heterocycles. The van der Waals surface area contributed by atoms with Gasteiger partial charge in [0.1, 0.15) is 0 Å². The van der Waals surface area contributed by atoms with E-state index in [0.717, 1.165) is 42.4 Å². The number of carbonyl (C=O) groups is 1. The summed E-state index contributed by atoms with van der Waals surface area (Å²) in [6, 6.07) is 8.10. The normalized spacial score (nSPS) is 17.7. The Hall–Kier alpha value is -1.81. The molecule has 0 bridgehead atoms. The molecule has 0 atom stereocenters. The number of hydrogen-bond acceptors (Lipinski definition) is 2. The fourth-order valence-corrected chi connectivity index (χ4v) is 2.61. The Morgan fingerprint density at radius 1 is 1.32 bits per heavy atom. The summed E-state index contributed by atoms with van der Waals surface area (Å²) in [4.78, 5) is 17.7. The van der Waals surface area contributed by atoms with Crippen molar-refractivity contribution in [2.45, 2.75) is 18.9 Å². The summed E-state index contributed by atoms with van der Waals surface area (Å²) in [5.74, 6) is 0.0334. The second-order valence-electron chi connectivity index (χ2n) is 5.33. The summed E-state index contributed by atoms with van der Waals surface area (Å²) >= 11 is 0. The minimum Gasteiger partial charge on any atom is -0.361 e. The standard InChI is InChI=1S/C15H19N3O/c1-18-8-5-13(6-9-18)17-15(19)12-3-2-11-4-7-16-14(11)10-12/h2-4,7,10,13,16H,5-6,8-9H2,1H3,(H,17,19). The molecule has 2 N–H and O–H groups in total. The van der Waals surface area contributed by atoms with Crippen LogP contribution in [-0.2, 0) is 0 Å². The third-order valence-electron chi connectivity index (χ3n) is 3.87.